The molecule has 0 N–H and O–H groups in total. The molecule has 1 aromatic heterocycles. The van der Waals surface area contributed by atoms with Crippen LogP contribution in [0.1, 0.15) is 10.5 Å². The summed E-state index contributed by atoms with van der Waals surface area (Å²) in [6, 6.07) is 7.59. The normalized spacial score (nSPS) is 14.4. The lowest BCUT2D eigenvalue weighted by Crippen LogP contribution is -2.49. The maximum atomic E-state index is 12.6. The van der Waals surface area contributed by atoms with Gasteiger partial charge in [0.05, 0.1) is 9.95 Å². The SMILES string of the molecule is O=C(c1nc(Cl)ccc1Cl)N1CCN(c2ccc(Cl)cc2[N+](=O)[O-])CC1. The first-order valence-electron chi connectivity index (χ1n) is 7.67. The fraction of sp³-hybridized carbons (Fsp3) is 0.250. The van der Waals surface area contributed by atoms with E-state index in [-0.39, 0.29) is 27.5 Å². The van der Waals surface area contributed by atoms with Gasteiger partial charge in [-0.25, -0.2) is 4.98 Å². The number of rotatable bonds is 3. The summed E-state index contributed by atoms with van der Waals surface area (Å²) in [6.45, 7) is 1.63. The molecule has 2 aromatic rings. The molecule has 26 heavy (non-hydrogen) atoms. The Labute approximate surface area is 164 Å². The van der Waals surface area contributed by atoms with E-state index in [2.05, 4.69) is 4.98 Å². The minimum absolute atomic E-state index is 0.0585. The van der Waals surface area contributed by atoms with Crippen LogP contribution in [-0.2, 0) is 0 Å². The molecule has 0 atom stereocenters. The second-order valence-corrected chi connectivity index (χ2v) is 6.86. The molecule has 10 heteroatoms. The molecule has 0 bridgehead atoms. The summed E-state index contributed by atoms with van der Waals surface area (Å²) < 4.78 is 0. The van der Waals surface area contributed by atoms with Crippen LogP contribution in [0, 0.1) is 10.1 Å². The molecule has 1 aliphatic rings. The number of nitro groups is 1. The van der Waals surface area contributed by atoms with Crippen molar-refractivity contribution < 1.29 is 9.72 Å². The monoisotopic (exact) mass is 414 g/mol. The molecule has 0 radical (unpaired) electrons. The van der Waals surface area contributed by atoms with Crippen LogP contribution >= 0.6 is 34.8 Å². The second kappa shape index (κ2) is 7.65. The summed E-state index contributed by atoms with van der Waals surface area (Å²) in [6.07, 6.45) is 0. The van der Waals surface area contributed by atoms with Crippen molar-refractivity contribution in [2.75, 3.05) is 31.1 Å². The van der Waals surface area contributed by atoms with Gasteiger partial charge in [0.25, 0.3) is 11.6 Å². The Bertz CT molecular complexity index is 870. The Hall–Kier alpha value is -2.09. The quantitative estimate of drug-likeness (QED) is 0.431. The summed E-state index contributed by atoms with van der Waals surface area (Å²) >= 11 is 17.7. The van der Waals surface area contributed by atoms with Crippen LogP contribution < -0.4 is 4.90 Å². The Morgan fingerprint density at radius 2 is 1.77 bits per heavy atom. The van der Waals surface area contributed by atoms with E-state index >= 15 is 0 Å². The zero-order valence-electron chi connectivity index (χ0n) is 13.4. The van der Waals surface area contributed by atoms with Gasteiger partial charge in [-0.05, 0) is 24.3 Å². The third-order valence-corrected chi connectivity index (χ3v) is 4.81. The lowest BCUT2D eigenvalue weighted by molar-refractivity contribution is -0.384. The molecular formula is C16H13Cl3N4O3. The molecular weight excluding hydrogens is 403 g/mol. The molecule has 0 aliphatic carbocycles. The van der Waals surface area contributed by atoms with Crippen molar-refractivity contribution in [1.82, 2.24) is 9.88 Å². The van der Waals surface area contributed by atoms with Crippen molar-refractivity contribution in [2.24, 2.45) is 0 Å². The number of nitrogens with zero attached hydrogens (tertiary/aromatic N) is 4. The highest BCUT2D eigenvalue weighted by Crippen LogP contribution is 2.32. The smallest absolute Gasteiger partial charge is 0.294 e. The number of carbonyl (C=O) groups excluding carboxylic acids is 1. The van der Waals surface area contributed by atoms with Crippen molar-refractivity contribution in [3.8, 4) is 0 Å². The highest BCUT2D eigenvalue weighted by atomic mass is 35.5. The highest BCUT2D eigenvalue weighted by molar-refractivity contribution is 6.34. The van der Waals surface area contributed by atoms with E-state index in [1.54, 1.807) is 17.0 Å². The van der Waals surface area contributed by atoms with Gasteiger partial charge in [-0.1, -0.05) is 34.8 Å². The number of pyridine rings is 1. The van der Waals surface area contributed by atoms with Crippen LogP contribution in [0.25, 0.3) is 0 Å². The first-order chi connectivity index (χ1) is 12.4. The molecule has 7 nitrogen and oxygen atoms in total. The maximum absolute atomic E-state index is 12.6. The number of halogens is 3. The Morgan fingerprint density at radius 1 is 1.08 bits per heavy atom. The number of hydrogen-bond donors (Lipinski definition) is 0. The Kier molecular flexibility index (Phi) is 5.50. The van der Waals surface area contributed by atoms with Crippen LogP contribution in [0.15, 0.2) is 30.3 Å². The number of anilines is 1. The zero-order chi connectivity index (χ0) is 18.8. The number of hydrogen-bond acceptors (Lipinski definition) is 5. The summed E-state index contributed by atoms with van der Waals surface area (Å²) in [4.78, 5) is 30.9. The van der Waals surface area contributed by atoms with Crippen molar-refractivity contribution >= 4 is 52.1 Å². The van der Waals surface area contributed by atoms with Gasteiger partial charge >= 0.3 is 0 Å². The van der Waals surface area contributed by atoms with E-state index in [4.69, 9.17) is 34.8 Å². The Balaban J connectivity index is 1.75. The summed E-state index contributed by atoms with van der Waals surface area (Å²) in [5.74, 6) is -0.317. The van der Waals surface area contributed by atoms with Crippen LogP contribution in [-0.4, -0.2) is 46.9 Å². The number of nitro benzene ring substituents is 1. The van der Waals surface area contributed by atoms with Crippen LogP contribution in [0.3, 0.4) is 0 Å². The average Bonchev–Trinajstić information content (AvgIpc) is 2.63. The molecule has 1 fully saturated rings. The summed E-state index contributed by atoms with van der Waals surface area (Å²) in [5.41, 5.74) is 0.521. The van der Waals surface area contributed by atoms with E-state index in [0.717, 1.165) is 0 Å². The summed E-state index contributed by atoms with van der Waals surface area (Å²) in [5, 5.41) is 12.0. The molecule has 1 aliphatic heterocycles. The molecule has 136 valence electrons. The Morgan fingerprint density at radius 3 is 2.42 bits per heavy atom. The van der Waals surface area contributed by atoms with Crippen LogP contribution in [0.5, 0.6) is 0 Å². The number of carbonyl (C=O) groups is 1. The molecule has 0 unspecified atom stereocenters. The topological polar surface area (TPSA) is 79.6 Å². The third kappa shape index (κ3) is 3.85. The molecule has 0 saturated carbocycles. The number of amides is 1. The maximum Gasteiger partial charge on any atom is 0.294 e. The van der Waals surface area contributed by atoms with Crippen molar-refractivity contribution in [3.05, 3.63) is 61.3 Å². The average molecular weight is 416 g/mol. The fourth-order valence-corrected chi connectivity index (χ4v) is 3.28. The van der Waals surface area contributed by atoms with Gasteiger partial charge in [0, 0.05) is 37.3 Å². The van der Waals surface area contributed by atoms with Crippen molar-refractivity contribution in [1.29, 1.82) is 0 Å². The number of aromatic nitrogens is 1. The first kappa shape index (κ1) is 18.7. The number of benzene rings is 1. The largest absolute Gasteiger partial charge is 0.362 e. The van der Waals surface area contributed by atoms with Crippen molar-refractivity contribution in [3.63, 3.8) is 0 Å². The number of piperazine rings is 1. The van der Waals surface area contributed by atoms with Gasteiger partial charge < -0.3 is 9.80 Å². The van der Waals surface area contributed by atoms with E-state index in [9.17, 15) is 14.9 Å². The molecule has 0 spiro atoms. The fourth-order valence-electron chi connectivity index (χ4n) is 2.78. The summed E-state index contributed by atoms with van der Waals surface area (Å²) in [7, 11) is 0. The predicted molar refractivity (Wildman–Crippen MR) is 100 cm³/mol. The lowest BCUT2D eigenvalue weighted by atomic mass is 10.2. The van der Waals surface area contributed by atoms with E-state index < -0.39 is 4.92 Å². The van der Waals surface area contributed by atoms with E-state index in [1.165, 1.54) is 18.2 Å². The molecule has 1 aromatic carbocycles. The van der Waals surface area contributed by atoms with Gasteiger partial charge in [0.2, 0.25) is 0 Å². The minimum atomic E-state index is -0.464. The molecule has 1 saturated heterocycles. The lowest BCUT2D eigenvalue weighted by Gasteiger charge is -2.35. The van der Waals surface area contributed by atoms with Crippen LogP contribution in [0.4, 0.5) is 11.4 Å². The minimum Gasteiger partial charge on any atom is -0.362 e. The standard InChI is InChI=1S/C16H13Cl3N4O3/c17-10-1-3-12(13(9-10)23(25)26)21-5-7-22(8-6-21)16(24)15-11(18)2-4-14(19)20-15/h1-4,9H,5-8H2. The van der Waals surface area contributed by atoms with Crippen molar-refractivity contribution in [2.45, 2.75) is 0 Å². The molecule has 3 rings (SSSR count). The van der Waals surface area contributed by atoms with Crippen LogP contribution in [0.2, 0.25) is 15.2 Å². The first-order valence-corrected chi connectivity index (χ1v) is 8.80. The van der Waals surface area contributed by atoms with Gasteiger partial charge in [0.1, 0.15) is 16.5 Å². The van der Waals surface area contributed by atoms with Gasteiger partial charge in [-0.15, -0.1) is 0 Å². The predicted octanol–water partition coefficient (Wildman–Crippen LogP) is 3.91. The molecule has 2 heterocycles. The van der Waals surface area contributed by atoms with E-state index in [0.29, 0.717) is 36.9 Å². The van der Waals surface area contributed by atoms with Gasteiger partial charge in [0.15, 0.2) is 0 Å². The highest BCUT2D eigenvalue weighted by Gasteiger charge is 2.28. The van der Waals surface area contributed by atoms with Gasteiger partial charge in [-0.2, -0.15) is 0 Å². The van der Waals surface area contributed by atoms with Gasteiger partial charge in [-0.3, -0.25) is 14.9 Å². The third-order valence-electron chi connectivity index (χ3n) is 4.06. The zero-order valence-corrected chi connectivity index (χ0v) is 15.6. The van der Waals surface area contributed by atoms with E-state index in [1.807, 2.05) is 4.90 Å². The molecule has 1 amide bonds. The second-order valence-electron chi connectivity index (χ2n) is 5.63.